The molecule has 4 nitrogen and oxygen atoms in total. The van der Waals surface area contributed by atoms with E-state index < -0.39 is 0 Å². The van der Waals surface area contributed by atoms with Gasteiger partial charge in [0.2, 0.25) is 0 Å². The van der Waals surface area contributed by atoms with Crippen molar-refractivity contribution in [3.05, 3.63) is 56.5 Å². The van der Waals surface area contributed by atoms with Crippen molar-refractivity contribution in [2.75, 3.05) is 27.4 Å². The Labute approximate surface area is 194 Å². The molecule has 0 amide bonds. The lowest BCUT2D eigenvalue weighted by atomic mass is 10.0. The second kappa shape index (κ2) is 9.48. The molecule has 2 saturated carbocycles. The minimum atomic E-state index is 0.499. The van der Waals surface area contributed by atoms with Crippen molar-refractivity contribution < 1.29 is 18.9 Å². The van der Waals surface area contributed by atoms with Crippen molar-refractivity contribution in [3.8, 4) is 34.1 Å². The summed E-state index contributed by atoms with van der Waals surface area (Å²) in [5, 5.41) is 0. The van der Waals surface area contributed by atoms with Crippen LogP contribution in [0.15, 0.2) is 56.5 Å². The third kappa shape index (κ3) is 4.86. The lowest BCUT2D eigenvalue weighted by molar-refractivity contribution is 0.322. The van der Waals surface area contributed by atoms with Gasteiger partial charge in [-0.1, -0.05) is 43.0 Å². The Kier molecular flexibility index (Phi) is 6.74. The predicted molar refractivity (Wildman–Crippen MR) is 126 cm³/mol. The molecule has 0 heterocycles. The molecule has 0 spiro atoms. The first-order valence-electron chi connectivity index (χ1n) is 9.97. The van der Waals surface area contributed by atoms with Gasteiger partial charge in [-0.05, 0) is 62.1 Å². The summed E-state index contributed by atoms with van der Waals surface area (Å²) < 4.78 is 25.5. The number of halogens is 2. The van der Waals surface area contributed by atoms with Crippen LogP contribution in [0.2, 0.25) is 0 Å². The minimum absolute atomic E-state index is 0.499. The molecule has 2 aromatic carbocycles. The van der Waals surface area contributed by atoms with Gasteiger partial charge < -0.3 is 18.9 Å². The molecule has 0 saturated heterocycles. The van der Waals surface area contributed by atoms with Crippen molar-refractivity contribution >= 4 is 31.9 Å². The fourth-order valence-corrected chi connectivity index (χ4v) is 4.21. The molecular weight excluding hydrogens is 512 g/mol. The first-order chi connectivity index (χ1) is 14.6. The van der Waals surface area contributed by atoms with Crippen molar-refractivity contribution in [3.63, 3.8) is 0 Å². The minimum Gasteiger partial charge on any atom is -0.493 e. The Hall–Kier alpha value is -1.92. The zero-order chi connectivity index (χ0) is 21.1. The van der Waals surface area contributed by atoms with Gasteiger partial charge in [-0.2, -0.15) is 0 Å². The van der Waals surface area contributed by atoms with Crippen molar-refractivity contribution in [1.82, 2.24) is 0 Å². The smallest absolute Gasteiger partial charge is 0.170 e. The van der Waals surface area contributed by atoms with Crippen LogP contribution in [-0.2, 0) is 0 Å². The van der Waals surface area contributed by atoms with E-state index in [1.54, 1.807) is 14.2 Å². The second-order valence-electron chi connectivity index (χ2n) is 7.25. The van der Waals surface area contributed by atoms with Gasteiger partial charge in [-0.15, -0.1) is 0 Å². The van der Waals surface area contributed by atoms with Crippen LogP contribution in [-0.4, -0.2) is 27.4 Å². The molecule has 0 N–H and O–H groups in total. The molecule has 2 fully saturated rings. The van der Waals surface area contributed by atoms with Gasteiger partial charge in [0.15, 0.2) is 23.0 Å². The predicted octanol–water partition coefficient (Wildman–Crippen LogP) is 7.09. The van der Waals surface area contributed by atoms with E-state index in [1.807, 2.05) is 24.3 Å². The van der Waals surface area contributed by atoms with Crippen LogP contribution >= 0.6 is 31.9 Å². The summed E-state index contributed by atoms with van der Waals surface area (Å²) in [4.78, 5) is 0. The highest BCUT2D eigenvalue weighted by atomic mass is 79.9. The Balaban J connectivity index is 1.81. The van der Waals surface area contributed by atoms with E-state index in [9.17, 15) is 0 Å². The van der Waals surface area contributed by atoms with Crippen LogP contribution in [0.4, 0.5) is 0 Å². The monoisotopic (exact) mass is 534 g/mol. The molecule has 30 heavy (non-hydrogen) atoms. The average molecular weight is 536 g/mol. The molecule has 0 radical (unpaired) electrons. The first kappa shape index (κ1) is 21.3. The Morgan fingerprint density at radius 3 is 1.43 bits per heavy atom. The third-order valence-electron chi connectivity index (χ3n) is 5.11. The molecule has 0 unspecified atom stereocenters. The highest BCUT2D eigenvalue weighted by molar-refractivity contribution is 9.11. The highest BCUT2D eigenvalue weighted by Crippen LogP contribution is 2.51. The Morgan fingerprint density at radius 2 is 1.10 bits per heavy atom. The van der Waals surface area contributed by atoms with Crippen LogP contribution in [0.1, 0.15) is 25.7 Å². The summed E-state index contributed by atoms with van der Waals surface area (Å²) in [5.41, 5.74) is 4.60. The standard InChI is InChI=1S/C24H24Br2O4/c1-27-19-9-7-17(25)21(23(19)29-13-11-15-3-4-15)22-18(26)8-10-20(28-2)24(22)30-14-12-16-5-6-16/h7-12H,3-6,13-14H2,1-2H3. The summed E-state index contributed by atoms with van der Waals surface area (Å²) in [6, 6.07) is 7.73. The van der Waals surface area contributed by atoms with Gasteiger partial charge in [-0.3, -0.25) is 0 Å². The molecule has 2 aliphatic carbocycles. The molecule has 2 aromatic rings. The van der Waals surface area contributed by atoms with Gasteiger partial charge in [0.1, 0.15) is 13.2 Å². The SMILES string of the molecule is COc1ccc(Br)c(-c2c(Br)ccc(OC)c2OCC=C2CC2)c1OCC=C1CC1. The summed E-state index contributed by atoms with van der Waals surface area (Å²) in [6.07, 6.45) is 8.96. The maximum Gasteiger partial charge on any atom is 0.170 e. The van der Waals surface area contributed by atoms with Crippen LogP contribution < -0.4 is 18.9 Å². The average Bonchev–Trinajstić information content (AvgIpc) is 3.65. The Bertz CT molecular complexity index is 917. The molecule has 4 rings (SSSR count). The van der Waals surface area contributed by atoms with Gasteiger partial charge >= 0.3 is 0 Å². The maximum atomic E-state index is 6.22. The molecule has 6 heteroatoms. The van der Waals surface area contributed by atoms with E-state index >= 15 is 0 Å². The number of methoxy groups -OCH3 is 2. The van der Waals surface area contributed by atoms with E-state index in [-0.39, 0.29) is 0 Å². The quantitative estimate of drug-likeness (QED) is 0.321. The first-order valence-corrected chi connectivity index (χ1v) is 11.6. The van der Waals surface area contributed by atoms with E-state index in [0.29, 0.717) is 36.2 Å². The highest BCUT2D eigenvalue weighted by Gasteiger charge is 2.25. The van der Waals surface area contributed by atoms with Gasteiger partial charge in [0.25, 0.3) is 0 Å². The number of benzene rings is 2. The number of hydrogen-bond acceptors (Lipinski definition) is 4. The lowest BCUT2D eigenvalue weighted by Gasteiger charge is -2.21. The summed E-state index contributed by atoms with van der Waals surface area (Å²) in [5.74, 6) is 2.68. The zero-order valence-corrected chi connectivity index (χ0v) is 20.3. The normalized spacial score (nSPS) is 14.3. The van der Waals surface area contributed by atoms with Gasteiger partial charge in [0, 0.05) is 20.1 Å². The Morgan fingerprint density at radius 1 is 0.700 bits per heavy atom. The fraction of sp³-hybridized carbons (Fsp3) is 0.333. The number of hydrogen-bond donors (Lipinski definition) is 0. The summed E-state index contributed by atoms with van der Waals surface area (Å²) in [6.45, 7) is 0.998. The largest absolute Gasteiger partial charge is 0.493 e. The molecule has 0 bridgehead atoms. The lowest BCUT2D eigenvalue weighted by Crippen LogP contribution is -2.03. The topological polar surface area (TPSA) is 36.9 Å². The fourth-order valence-electron chi connectivity index (χ4n) is 3.19. The summed E-state index contributed by atoms with van der Waals surface area (Å²) in [7, 11) is 3.30. The van der Waals surface area contributed by atoms with Crippen LogP contribution in [0.3, 0.4) is 0 Å². The zero-order valence-electron chi connectivity index (χ0n) is 17.1. The van der Waals surface area contributed by atoms with Gasteiger partial charge in [-0.25, -0.2) is 0 Å². The summed E-state index contributed by atoms with van der Waals surface area (Å²) >= 11 is 7.43. The van der Waals surface area contributed by atoms with E-state index in [0.717, 1.165) is 20.1 Å². The number of allylic oxidation sites excluding steroid dienone is 2. The van der Waals surface area contributed by atoms with Crippen LogP contribution in [0, 0.1) is 0 Å². The maximum absolute atomic E-state index is 6.22. The molecule has 0 aliphatic heterocycles. The van der Waals surface area contributed by atoms with Crippen LogP contribution in [0.5, 0.6) is 23.0 Å². The number of ether oxygens (including phenoxy) is 4. The van der Waals surface area contributed by atoms with Crippen LogP contribution in [0.25, 0.3) is 11.1 Å². The molecular formula is C24H24Br2O4. The molecule has 0 aromatic heterocycles. The third-order valence-corrected chi connectivity index (χ3v) is 6.43. The van der Waals surface area contributed by atoms with E-state index in [4.69, 9.17) is 18.9 Å². The van der Waals surface area contributed by atoms with Crippen molar-refractivity contribution in [1.29, 1.82) is 0 Å². The van der Waals surface area contributed by atoms with E-state index in [1.165, 1.54) is 36.8 Å². The van der Waals surface area contributed by atoms with Crippen molar-refractivity contribution in [2.24, 2.45) is 0 Å². The molecule has 158 valence electrons. The molecule has 2 aliphatic rings. The van der Waals surface area contributed by atoms with E-state index in [2.05, 4.69) is 44.0 Å². The van der Waals surface area contributed by atoms with Crippen molar-refractivity contribution in [2.45, 2.75) is 25.7 Å². The molecule has 0 atom stereocenters. The van der Waals surface area contributed by atoms with Gasteiger partial charge in [0.05, 0.1) is 14.2 Å². The number of rotatable bonds is 9. The second-order valence-corrected chi connectivity index (χ2v) is 8.96.